The van der Waals surface area contributed by atoms with E-state index in [0.717, 1.165) is 16.9 Å². The van der Waals surface area contributed by atoms with Crippen molar-refractivity contribution in [3.63, 3.8) is 0 Å². The molecule has 25 heavy (non-hydrogen) atoms. The molecule has 128 valence electrons. The molecule has 2 aromatic carbocycles. The van der Waals surface area contributed by atoms with Gasteiger partial charge in [0, 0.05) is 0 Å². The number of rotatable bonds is 4. The van der Waals surface area contributed by atoms with E-state index >= 15 is 0 Å². The van der Waals surface area contributed by atoms with Crippen LogP contribution < -0.4 is 4.74 Å². The molecule has 0 unspecified atom stereocenters. The second-order valence-electron chi connectivity index (χ2n) is 5.12. The van der Waals surface area contributed by atoms with Crippen molar-refractivity contribution in [3.8, 4) is 5.75 Å². The smallest absolute Gasteiger partial charge is 0.356 e. The molecule has 8 heteroatoms. The lowest BCUT2D eigenvalue weighted by atomic mass is 10.2. The second-order valence-corrected chi connectivity index (χ2v) is 8.99. The topological polar surface area (TPSA) is 73.3 Å². The van der Waals surface area contributed by atoms with Gasteiger partial charge in [-0.15, -0.1) is 0 Å². The zero-order chi connectivity index (χ0) is 18.0. The number of nitrogens with zero attached hydrogens (tertiary/aromatic N) is 1. The third-order valence-corrected chi connectivity index (χ3v) is 7.28. The minimum Gasteiger partial charge on any atom is -0.422 e. The van der Waals surface area contributed by atoms with Gasteiger partial charge in [-0.1, -0.05) is 47.2 Å². The fraction of sp³-hybridized carbons (Fsp3) is 0.0588. The van der Waals surface area contributed by atoms with Crippen LogP contribution in [0.25, 0.3) is 0 Å². The van der Waals surface area contributed by atoms with E-state index in [-0.39, 0.29) is 18.7 Å². The molecule has 0 radical (unpaired) electrons. The molecule has 0 spiro atoms. The fourth-order valence-corrected chi connectivity index (χ4v) is 5.25. The molecule has 0 amide bonds. The molecule has 1 aromatic heterocycles. The predicted molar refractivity (Wildman–Crippen MR) is 97.8 cm³/mol. The molecule has 0 bridgehead atoms. The van der Waals surface area contributed by atoms with Gasteiger partial charge in [0.05, 0.1) is 4.90 Å². The maximum Gasteiger partial charge on any atom is 0.356 e. The van der Waals surface area contributed by atoms with Crippen LogP contribution >= 0.6 is 27.3 Å². The zero-order valence-corrected chi connectivity index (χ0v) is 16.2. The Balaban J connectivity index is 1.92. The normalized spacial score (nSPS) is 11.3. The number of carbonyl (C=O) groups excluding carboxylic acids is 1. The Morgan fingerprint density at radius 1 is 1.08 bits per heavy atom. The molecule has 3 aromatic rings. The monoisotopic (exact) mass is 437 g/mol. The van der Waals surface area contributed by atoms with Gasteiger partial charge in [0.2, 0.25) is 14.2 Å². The summed E-state index contributed by atoms with van der Waals surface area (Å²) in [6, 6.07) is 15.0. The van der Waals surface area contributed by atoms with E-state index < -0.39 is 15.8 Å². The van der Waals surface area contributed by atoms with Crippen LogP contribution in [0.1, 0.15) is 15.2 Å². The van der Waals surface area contributed by atoms with Crippen LogP contribution in [-0.4, -0.2) is 19.4 Å². The molecule has 0 N–H and O–H groups in total. The van der Waals surface area contributed by atoms with Gasteiger partial charge in [0.15, 0.2) is 0 Å². The van der Waals surface area contributed by atoms with E-state index in [1.54, 1.807) is 42.5 Å². The quantitative estimate of drug-likeness (QED) is 0.450. The van der Waals surface area contributed by atoms with Gasteiger partial charge in [-0.25, -0.2) is 18.2 Å². The summed E-state index contributed by atoms with van der Waals surface area (Å²) in [5.74, 6) is -0.295. The van der Waals surface area contributed by atoms with Crippen LogP contribution in [-0.2, 0) is 9.84 Å². The maximum absolute atomic E-state index is 12.7. The van der Waals surface area contributed by atoms with Crippen molar-refractivity contribution in [2.45, 2.75) is 16.2 Å². The third-order valence-electron chi connectivity index (χ3n) is 3.27. The molecule has 0 saturated heterocycles. The number of halogens is 1. The molecule has 0 atom stereocenters. The highest BCUT2D eigenvalue weighted by Gasteiger charge is 2.27. The second kappa shape index (κ2) is 7.07. The van der Waals surface area contributed by atoms with Gasteiger partial charge in [0.1, 0.15) is 15.2 Å². The number of aryl methyl sites for hydroxylation is 1. The van der Waals surface area contributed by atoms with Crippen molar-refractivity contribution in [1.29, 1.82) is 0 Å². The van der Waals surface area contributed by atoms with Crippen LogP contribution in [0.4, 0.5) is 0 Å². The summed E-state index contributed by atoms with van der Waals surface area (Å²) < 4.78 is 30.5. The molecular weight excluding hydrogens is 426 g/mol. The molecule has 0 aliphatic rings. The molecule has 5 nitrogen and oxygen atoms in total. The van der Waals surface area contributed by atoms with Gasteiger partial charge in [-0.05, 0) is 47.1 Å². The van der Waals surface area contributed by atoms with Crippen molar-refractivity contribution in [3.05, 3.63) is 69.6 Å². The first-order chi connectivity index (χ1) is 11.9. The van der Waals surface area contributed by atoms with Crippen LogP contribution in [0.5, 0.6) is 5.75 Å². The lowest BCUT2D eigenvalue weighted by Gasteiger charge is -2.02. The number of para-hydroxylation sites is 1. The summed E-state index contributed by atoms with van der Waals surface area (Å²) in [6.45, 7) is 1.87. The number of aromatic nitrogens is 1. The van der Waals surface area contributed by atoms with Crippen molar-refractivity contribution >= 4 is 43.1 Å². The number of thiazole rings is 1. The van der Waals surface area contributed by atoms with Gasteiger partial charge in [-0.3, -0.25) is 0 Å². The zero-order valence-electron chi connectivity index (χ0n) is 13.0. The highest BCUT2D eigenvalue weighted by atomic mass is 79.9. The largest absolute Gasteiger partial charge is 0.422 e. The fourth-order valence-electron chi connectivity index (χ4n) is 1.98. The Kier molecular flexibility index (Phi) is 5.03. The Morgan fingerprint density at radius 3 is 2.36 bits per heavy atom. The molecule has 3 rings (SSSR count). The molecule has 1 heterocycles. The predicted octanol–water partition coefficient (Wildman–Crippen LogP) is 4.27. The number of hydrogen-bond acceptors (Lipinski definition) is 6. The minimum absolute atomic E-state index is 0.0922. The number of ether oxygens (including phenoxy) is 1. The van der Waals surface area contributed by atoms with E-state index in [4.69, 9.17) is 4.74 Å². The molecular formula is C17H12BrNO4S2. The number of sulfone groups is 1. The maximum atomic E-state index is 12.7. The van der Waals surface area contributed by atoms with Crippen molar-refractivity contribution < 1.29 is 17.9 Å². The summed E-state index contributed by atoms with van der Waals surface area (Å²) in [4.78, 5) is 16.5. The molecule has 0 aliphatic carbocycles. The first-order valence-corrected chi connectivity index (χ1v) is 10.2. The minimum atomic E-state index is -3.79. The molecule has 0 fully saturated rings. The highest BCUT2D eigenvalue weighted by molar-refractivity contribution is 9.10. The lowest BCUT2D eigenvalue weighted by Crippen LogP contribution is -2.07. The summed E-state index contributed by atoms with van der Waals surface area (Å²) in [5, 5.41) is 0. The molecule has 0 saturated carbocycles. The van der Waals surface area contributed by atoms with Crippen LogP contribution in [0.15, 0.2) is 68.4 Å². The van der Waals surface area contributed by atoms with Crippen LogP contribution in [0, 0.1) is 6.92 Å². The Labute approximate surface area is 157 Å². The summed E-state index contributed by atoms with van der Waals surface area (Å²) in [5.41, 5.74) is 0.950. The first-order valence-electron chi connectivity index (χ1n) is 7.13. The average molecular weight is 438 g/mol. The number of benzene rings is 2. The molecule has 0 aliphatic heterocycles. The summed E-state index contributed by atoms with van der Waals surface area (Å²) in [7, 11) is -3.79. The number of hydrogen-bond donors (Lipinski definition) is 0. The summed E-state index contributed by atoms with van der Waals surface area (Å²) in [6.07, 6.45) is 0. The van der Waals surface area contributed by atoms with E-state index in [1.807, 2.05) is 6.92 Å². The number of carbonyl (C=O) groups is 1. The first kappa shape index (κ1) is 17.8. The van der Waals surface area contributed by atoms with Gasteiger partial charge >= 0.3 is 5.97 Å². The Hall–Kier alpha value is -2.03. The van der Waals surface area contributed by atoms with Crippen molar-refractivity contribution in [2.24, 2.45) is 0 Å². The van der Waals surface area contributed by atoms with Gasteiger partial charge in [-0.2, -0.15) is 0 Å². The average Bonchev–Trinajstić information content (AvgIpc) is 2.99. The van der Waals surface area contributed by atoms with E-state index in [9.17, 15) is 13.2 Å². The highest BCUT2D eigenvalue weighted by Crippen LogP contribution is 2.31. The van der Waals surface area contributed by atoms with E-state index in [0.29, 0.717) is 5.75 Å². The van der Waals surface area contributed by atoms with Gasteiger partial charge < -0.3 is 4.74 Å². The Bertz CT molecular complexity index is 1010. The van der Waals surface area contributed by atoms with Crippen molar-refractivity contribution in [2.75, 3.05) is 0 Å². The number of esters is 1. The van der Waals surface area contributed by atoms with Gasteiger partial charge in [0.25, 0.3) is 0 Å². The Morgan fingerprint density at radius 2 is 1.72 bits per heavy atom. The van der Waals surface area contributed by atoms with E-state index in [2.05, 4.69) is 20.9 Å². The van der Waals surface area contributed by atoms with Crippen LogP contribution in [0.3, 0.4) is 0 Å². The standard InChI is InChI=1S/C17H12BrNO4S2/c1-11-7-9-13(10-8-11)25(21,22)17-19-15(18)14(24-17)16(20)23-12-5-3-2-4-6-12/h2-10H,1H3. The third kappa shape index (κ3) is 3.81. The van der Waals surface area contributed by atoms with Crippen molar-refractivity contribution in [1.82, 2.24) is 4.98 Å². The SMILES string of the molecule is Cc1ccc(S(=O)(=O)c2nc(Br)c(C(=O)Oc3ccccc3)s2)cc1. The lowest BCUT2D eigenvalue weighted by molar-refractivity contribution is 0.0738. The van der Waals surface area contributed by atoms with E-state index in [1.165, 1.54) is 12.1 Å². The van der Waals surface area contributed by atoms with Crippen LogP contribution in [0.2, 0.25) is 0 Å². The summed E-state index contributed by atoms with van der Waals surface area (Å²) >= 11 is 3.91.